The van der Waals surface area contributed by atoms with Crippen molar-refractivity contribution in [3.05, 3.63) is 29.3 Å². The Kier molecular flexibility index (Phi) is 4.54. The molecule has 1 fully saturated rings. The second-order valence-corrected chi connectivity index (χ2v) is 7.08. The van der Waals surface area contributed by atoms with Gasteiger partial charge in [-0.15, -0.1) is 11.8 Å². The summed E-state index contributed by atoms with van der Waals surface area (Å²) in [6.07, 6.45) is 2.32. The number of benzene rings is 1. The summed E-state index contributed by atoms with van der Waals surface area (Å²) in [6.45, 7) is 5.12. The average molecular weight is 293 g/mol. The molecule has 2 aliphatic rings. The quantitative estimate of drug-likeness (QED) is 0.873. The van der Waals surface area contributed by atoms with Crippen molar-refractivity contribution in [3.63, 3.8) is 0 Å². The molecule has 2 unspecified atom stereocenters. The molecule has 3 nitrogen and oxygen atoms in total. The van der Waals surface area contributed by atoms with E-state index in [1.807, 2.05) is 0 Å². The summed E-state index contributed by atoms with van der Waals surface area (Å²) in [5.41, 5.74) is 2.90. The van der Waals surface area contributed by atoms with Crippen LogP contribution in [-0.4, -0.2) is 37.4 Å². The van der Waals surface area contributed by atoms with Gasteiger partial charge in [-0.1, -0.05) is 13.0 Å². The lowest BCUT2D eigenvalue weighted by atomic mass is 10.1. The first-order valence-electron chi connectivity index (χ1n) is 7.45. The Morgan fingerprint density at radius 1 is 1.40 bits per heavy atom. The normalized spacial score (nSPS) is 25.3. The predicted octanol–water partition coefficient (Wildman–Crippen LogP) is 2.79. The Bertz CT molecular complexity index is 462. The number of thioether (sulfide) groups is 1. The lowest BCUT2D eigenvalue weighted by Gasteiger charge is -2.31. The van der Waals surface area contributed by atoms with E-state index in [1.54, 1.807) is 7.11 Å². The highest BCUT2D eigenvalue weighted by molar-refractivity contribution is 8.00. The summed E-state index contributed by atoms with van der Waals surface area (Å²) >= 11 is 2.09. The minimum absolute atomic E-state index is 0.450. The van der Waals surface area contributed by atoms with Crippen LogP contribution < -0.4 is 10.1 Å². The molecule has 1 aromatic rings. The number of hydrogen-bond donors (Lipinski definition) is 1. The van der Waals surface area contributed by atoms with E-state index in [1.165, 1.54) is 17.5 Å². The lowest BCUT2D eigenvalue weighted by molar-refractivity contribution is 0.0452. The summed E-state index contributed by atoms with van der Waals surface area (Å²) in [5.74, 6) is 0.963. The fraction of sp³-hybridized carbons (Fsp3) is 0.625. The molecule has 0 radical (unpaired) electrons. The van der Waals surface area contributed by atoms with Crippen LogP contribution in [0.4, 0.5) is 0 Å². The lowest BCUT2D eigenvalue weighted by Crippen LogP contribution is -2.35. The van der Waals surface area contributed by atoms with Crippen LogP contribution in [0.5, 0.6) is 5.75 Å². The highest BCUT2D eigenvalue weighted by Gasteiger charge is 2.36. The van der Waals surface area contributed by atoms with Crippen molar-refractivity contribution >= 4 is 11.8 Å². The van der Waals surface area contributed by atoms with E-state index in [0.717, 1.165) is 31.9 Å². The van der Waals surface area contributed by atoms with Gasteiger partial charge in [0.05, 0.1) is 25.6 Å². The van der Waals surface area contributed by atoms with E-state index in [0.29, 0.717) is 16.5 Å². The molecule has 1 aliphatic carbocycles. The van der Waals surface area contributed by atoms with Gasteiger partial charge < -0.3 is 14.8 Å². The molecule has 20 heavy (non-hydrogen) atoms. The SMILES string of the molecule is CCCNC1c2cc(OC)ccc2CC1SC1COC1. The summed E-state index contributed by atoms with van der Waals surface area (Å²) in [4.78, 5) is 0. The maximum atomic E-state index is 5.39. The Morgan fingerprint density at radius 3 is 2.90 bits per heavy atom. The second kappa shape index (κ2) is 6.37. The molecule has 1 saturated heterocycles. The van der Waals surface area contributed by atoms with Crippen molar-refractivity contribution < 1.29 is 9.47 Å². The van der Waals surface area contributed by atoms with Crippen LogP contribution in [0.15, 0.2) is 18.2 Å². The summed E-state index contributed by atoms with van der Waals surface area (Å²) in [5, 5.41) is 5.03. The maximum absolute atomic E-state index is 5.39. The fourth-order valence-electron chi connectivity index (χ4n) is 2.92. The number of nitrogens with one attached hydrogen (secondary N) is 1. The highest BCUT2D eigenvalue weighted by Crippen LogP contribution is 2.42. The van der Waals surface area contributed by atoms with Crippen molar-refractivity contribution in [3.8, 4) is 5.75 Å². The van der Waals surface area contributed by atoms with Gasteiger partial charge in [-0.2, -0.15) is 0 Å². The first-order valence-corrected chi connectivity index (χ1v) is 8.39. The molecule has 1 aliphatic heterocycles. The monoisotopic (exact) mass is 293 g/mol. The number of methoxy groups -OCH3 is 1. The van der Waals surface area contributed by atoms with E-state index in [9.17, 15) is 0 Å². The van der Waals surface area contributed by atoms with Crippen LogP contribution in [0.25, 0.3) is 0 Å². The molecule has 0 bridgehead atoms. The molecular formula is C16H23NO2S. The summed E-state index contributed by atoms with van der Waals surface area (Å²) < 4.78 is 10.7. The molecule has 0 saturated carbocycles. The average Bonchev–Trinajstić information content (AvgIpc) is 2.77. The standard InChI is InChI=1S/C16H23NO2S/c1-3-6-17-16-14-8-12(18-2)5-4-11(14)7-15(16)20-13-9-19-10-13/h4-5,8,13,15-17H,3,6-7,9-10H2,1-2H3. The van der Waals surface area contributed by atoms with Gasteiger partial charge in [0.2, 0.25) is 0 Å². The number of rotatable bonds is 6. The first kappa shape index (κ1) is 14.2. The summed E-state index contributed by atoms with van der Waals surface area (Å²) in [7, 11) is 1.74. The minimum atomic E-state index is 0.450. The van der Waals surface area contributed by atoms with Crippen LogP contribution in [-0.2, 0) is 11.2 Å². The molecule has 4 heteroatoms. The van der Waals surface area contributed by atoms with Gasteiger partial charge in [0.15, 0.2) is 0 Å². The second-order valence-electron chi connectivity index (χ2n) is 5.53. The van der Waals surface area contributed by atoms with E-state index >= 15 is 0 Å². The maximum Gasteiger partial charge on any atom is 0.119 e. The van der Waals surface area contributed by atoms with Gasteiger partial charge in [0.25, 0.3) is 0 Å². The molecule has 1 aromatic carbocycles. The van der Waals surface area contributed by atoms with Gasteiger partial charge in [-0.25, -0.2) is 0 Å². The molecule has 1 N–H and O–H groups in total. The third kappa shape index (κ3) is 2.83. The Morgan fingerprint density at radius 2 is 2.25 bits per heavy atom. The van der Waals surface area contributed by atoms with Crippen LogP contribution >= 0.6 is 11.8 Å². The van der Waals surface area contributed by atoms with E-state index in [4.69, 9.17) is 9.47 Å². The zero-order valence-electron chi connectivity index (χ0n) is 12.2. The molecule has 0 amide bonds. The van der Waals surface area contributed by atoms with Crippen molar-refractivity contribution in [2.24, 2.45) is 0 Å². The van der Waals surface area contributed by atoms with E-state index in [-0.39, 0.29) is 0 Å². The zero-order valence-corrected chi connectivity index (χ0v) is 13.0. The van der Waals surface area contributed by atoms with Gasteiger partial charge in [0, 0.05) is 11.3 Å². The number of ether oxygens (including phenoxy) is 2. The Labute approximate surface area is 125 Å². The first-order chi connectivity index (χ1) is 9.81. The third-order valence-corrected chi connectivity index (χ3v) is 5.52. The predicted molar refractivity (Wildman–Crippen MR) is 83.7 cm³/mol. The number of fused-ring (bicyclic) bond motifs is 1. The molecule has 3 rings (SSSR count). The Hall–Kier alpha value is -0.710. The van der Waals surface area contributed by atoms with Gasteiger partial charge >= 0.3 is 0 Å². The largest absolute Gasteiger partial charge is 0.497 e. The smallest absolute Gasteiger partial charge is 0.119 e. The minimum Gasteiger partial charge on any atom is -0.497 e. The van der Waals surface area contributed by atoms with Crippen molar-refractivity contribution in [2.45, 2.75) is 36.3 Å². The third-order valence-electron chi connectivity index (χ3n) is 4.07. The van der Waals surface area contributed by atoms with E-state index < -0.39 is 0 Å². The molecule has 110 valence electrons. The molecular weight excluding hydrogens is 270 g/mol. The Balaban J connectivity index is 1.78. The van der Waals surface area contributed by atoms with Gasteiger partial charge in [-0.3, -0.25) is 0 Å². The van der Waals surface area contributed by atoms with Crippen molar-refractivity contribution in [1.82, 2.24) is 5.32 Å². The molecule has 0 aromatic heterocycles. The van der Waals surface area contributed by atoms with Crippen LogP contribution in [0.1, 0.15) is 30.5 Å². The molecule has 0 spiro atoms. The van der Waals surface area contributed by atoms with Crippen LogP contribution in [0.3, 0.4) is 0 Å². The van der Waals surface area contributed by atoms with Crippen molar-refractivity contribution in [2.75, 3.05) is 26.9 Å². The van der Waals surface area contributed by atoms with Crippen LogP contribution in [0.2, 0.25) is 0 Å². The molecule has 2 atom stereocenters. The van der Waals surface area contributed by atoms with Gasteiger partial charge in [0.1, 0.15) is 5.75 Å². The van der Waals surface area contributed by atoms with Crippen molar-refractivity contribution in [1.29, 1.82) is 0 Å². The molecule has 1 heterocycles. The number of hydrogen-bond acceptors (Lipinski definition) is 4. The summed E-state index contributed by atoms with van der Waals surface area (Å²) in [6, 6.07) is 6.97. The fourth-order valence-corrected chi connectivity index (χ4v) is 4.44. The van der Waals surface area contributed by atoms with Crippen LogP contribution in [0, 0.1) is 0 Å². The zero-order chi connectivity index (χ0) is 13.9. The van der Waals surface area contributed by atoms with E-state index in [2.05, 4.69) is 42.2 Å². The van der Waals surface area contributed by atoms with Gasteiger partial charge in [-0.05, 0) is 42.6 Å². The topological polar surface area (TPSA) is 30.5 Å². The highest BCUT2D eigenvalue weighted by atomic mass is 32.2.